The first-order valence-electron chi connectivity index (χ1n) is 7.78. The van der Waals surface area contributed by atoms with Gasteiger partial charge in [0.25, 0.3) is 5.91 Å². The Balaban J connectivity index is 1.78. The highest BCUT2D eigenvalue weighted by Crippen LogP contribution is 2.29. The van der Waals surface area contributed by atoms with Crippen molar-refractivity contribution in [3.8, 4) is 0 Å². The van der Waals surface area contributed by atoms with E-state index in [0.717, 1.165) is 23.3 Å². The van der Waals surface area contributed by atoms with Gasteiger partial charge in [-0.15, -0.1) is 0 Å². The Hall–Kier alpha value is -2.07. The number of carbonyl (C=O) groups excluding carboxylic acids is 1. The first-order chi connectivity index (χ1) is 10.7. The standard InChI is InChI=1S/C18H22N2O2/c1-19-10-5-8-16-17(19)9-11-20(18(16)22)15(13-21)12-14-6-3-2-4-7-14/h2-7,10,15,21H,8-9,11-13H2,1H3/t15-/m0/s1. The summed E-state index contributed by atoms with van der Waals surface area (Å²) in [5.41, 5.74) is 3.15. The molecule has 0 spiro atoms. The van der Waals surface area contributed by atoms with E-state index >= 15 is 0 Å². The summed E-state index contributed by atoms with van der Waals surface area (Å²) >= 11 is 0. The van der Waals surface area contributed by atoms with E-state index in [4.69, 9.17) is 0 Å². The summed E-state index contributed by atoms with van der Waals surface area (Å²) in [6.45, 7) is 0.669. The molecular formula is C18H22N2O2. The third-order valence-electron chi connectivity index (χ3n) is 4.50. The quantitative estimate of drug-likeness (QED) is 0.923. The molecule has 1 atom stereocenters. The van der Waals surface area contributed by atoms with Crippen molar-refractivity contribution < 1.29 is 9.90 Å². The number of rotatable bonds is 4. The van der Waals surface area contributed by atoms with E-state index in [1.807, 2.05) is 59.5 Å². The monoisotopic (exact) mass is 298 g/mol. The van der Waals surface area contributed by atoms with E-state index in [1.165, 1.54) is 0 Å². The second-order valence-corrected chi connectivity index (χ2v) is 5.90. The Morgan fingerprint density at radius 1 is 1.27 bits per heavy atom. The number of benzene rings is 1. The van der Waals surface area contributed by atoms with Gasteiger partial charge in [0, 0.05) is 31.3 Å². The van der Waals surface area contributed by atoms with Gasteiger partial charge in [-0.3, -0.25) is 4.79 Å². The predicted octanol–water partition coefficient (Wildman–Crippen LogP) is 1.93. The minimum absolute atomic E-state index is 0.00503. The number of aliphatic hydroxyl groups excluding tert-OH is 1. The molecule has 4 heteroatoms. The lowest BCUT2D eigenvalue weighted by atomic mass is 9.96. The van der Waals surface area contributed by atoms with Crippen LogP contribution in [0.5, 0.6) is 0 Å². The molecule has 2 heterocycles. The summed E-state index contributed by atoms with van der Waals surface area (Å²) in [4.78, 5) is 16.7. The molecule has 0 fully saturated rings. The second-order valence-electron chi connectivity index (χ2n) is 5.90. The zero-order valence-corrected chi connectivity index (χ0v) is 12.9. The highest BCUT2D eigenvalue weighted by Gasteiger charge is 2.33. The van der Waals surface area contributed by atoms with E-state index in [1.54, 1.807) is 0 Å². The van der Waals surface area contributed by atoms with Crippen LogP contribution in [0.4, 0.5) is 0 Å². The lowest BCUT2D eigenvalue weighted by molar-refractivity contribution is -0.131. The summed E-state index contributed by atoms with van der Waals surface area (Å²) in [5.74, 6) is 0.0763. The molecule has 0 bridgehead atoms. The molecule has 1 aromatic carbocycles. The maximum absolute atomic E-state index is 12.8. The average Bonchev–Trinajstić information content (AvgIpc) is 2.55. The van der Waals surface area contributed by atoms with Gasteiger partial charge >= 0.3 is 0 Å². The van der Waals surface area contributed by atoms with E-state index in [0.29, 0.717) is 19.4 Å². The number of hydrogen-bond acceptors (Lipinski definition) is 3. The van der Waals surface area contributed by atoms with Crippen molar-refractivity contribution in [3.63, 3.8) is 0 Å². The van der Waals surface area contributed by atoms with Crippen LogP contribution in [0.2, 0.25) is 0 Å². The highest BCUT2D eigenvalue weighted by atomic mass is 16.3. The molecule has 0 unspecified atom stereocenters. The molecule has 0 saturated carbocycles. The summed E-state index contributed by atoms with van der Waals surface area (Å²) < 4.78 is 0. The fraction of sp³-hybridized carbons (Fsp3) is 0.389. The Kier molecular flexibility index (Phi) is 4.29. The van der Waals surface area contributed by atoms with Gasteiger partial charge < -0.3 is 14.9 Å². The van der Waals surface area contributed by atoms with Crippen LogP contribution in [0.1, 0.15) is 18.4 Å². The Morgan fingerprint density at radius 3 is 2.77 bits per heavy atom. The van der Waals surface area contributed by atoms with Crippen molar-refractivity contribution in [2.24, 2.45) is 0 Å². The van der Waals surface area contributed by atoms with Crippen LogP contribution in [-0.4, -0.2) is 47.1 Å². The molecule has 1 aromatic rings. The molecule has 1 amide bonds. The van der Waals surface area contributed by atoms with Crippen molar-refractivity contribution in [1.82, 2.24) is 9.80 Å². The van der Waals surface area contributed by atoms with Crippen LogP contribution in [0.3, 0.4) is 0 Å². The van der Waals surface area contributed by atoms with Crippen LogP contribution >= 0.6 is 0 Å². The fourth-order valence-corrected chi connectivity index (χ4v) is 3.30. The smallest absolute Gasteiger partial charge is 0.252 e. The van der Waals surface area contributed by atoms with Gasteiger partial charge in [0.2, 0.25) is 0 Å². The summed E-state index contributed by atoms with van der Waals surface area (Å²) in [7, 11) is 1.99. The molecule has 1 N–H and O–H groups in total. The van der Waals surface area contributed by atoms with E-state index < -0.39 is 0 Å². The molecule has 2 aliphatic rings. The van der Waals surface area contributed by atoms with E-state index in [2.05, 4.69) is 0 Å². The van der Waals surface area contributed by atoms with Crippen molar-refractivity contribution in [2.75, 3.05) is 20.2 Å². The minimum Gasteiger partial charge on any atom is -0.394 e. The molecule has 0 aliphatic carbocycles. The number of allylic oxidation sites excluding steroid dienone is 1. The topological polar surface area (TPSA) is 43.8 Å². The van der Waals surface area contributed by atoms with Gasteiger partial charge in [-0.25, -0.2) is 0 Å². The van der Waals surface area contributed by atoms with E-state index in [-0.39, 0.29) is 18.6 Å². The SMILES string of the molecule is CN1C=CCC2=C1CCN([C@H](CO)Cc1ccccc1)C2=O. The van der Waals surface area contributed by atoms with Gasteiger partial charge in [0.1, 0.15) is 0 Å². The van der Waals surface area contributed by atoms with Crippen LogP contribution in [0, 0.1) is 0 Å². The molecular weight excluding hydrogens is 276 g/mol. The lowest BCUT2D eigenvalue weighted by Crippen LogP contribution is -2.48. The molecule has 0 radical (unpaired) electrons. The molecule has 116 valence electrons. The Morgan fingerprint density at radius 2 is 2.05 bits per heavy atom. The second kappa shape index (κ2) is 6.36. The van der Waals surface area contributed by atoms with Gasteiger partial charge in [-0.2, -0.15) is 0 Å². The molecule has 0 aromatic heterocycles. The fourth-order valence-electron chi connectivity index (χ4n) is 3.30. The van der Waals surface area contributed by atoms with Gasteiger partial charge in [0.15, 0.2) is 0 Å². The van der Waals surface area contributed by atoms with Gasteiger partial charge in [0.05, 0.1) is 12.6 Å². The predicted molar refractivity (Wildman–Crippen MR) is 85.9 cm³/mol. The Labute approximate surface area is 131 Å². The zero-order valence-electron chi connectivity index (χ0n) is 12.9. The number of amides is 1. The molecule has 3 rings (SSSR count). The normalized spacial score (nSPS) is 19.5. The van der Waals surface area contributed by atoms with Crippen molar-refractivity contribution in [3.05, 3.63) is 59.4 Å². The third kappa shape index (κ3) is 2.79. The first kappa shape index (κ1) is 14.9. The minimum atomic E-state index is -0.153. The number of hydrogen-bond donors (Lipinski definition) is 1. The number of carbonyl (C=O) groups is 1. The van der Waals surface area contributed by atoms with Gasteiger partial charge in [-0.05, 0) is 24.6 Å². The maximum atomic E-state index is 12.8. The maximum Gasteiger partial charge on any atom is 0.252 e. The first-order valence-corrected chi connectivity index (χ1v) is 7.78. The molecule has 4 nitrogen and oxygen atoms in total. The van der Waals surface area contributed by atoms with Crippen LogP contribution < -0.4 is 0 Å². The Bertz CT molecular complexity index is 607. The summed E-state index contributed by atoms with van der Waals surface area (Å²) in [6, 6.07) is 9.88. The molecule has 2 aliphatic heterocycles. The van der Waals surface area contributed by atoms with Gasteiger partial charge in [-0.1, -0.05) is 36.4 Å². The summed E-state index contributed by atoms with van der Waals surface area (Å²) in [6.07, 6.45) is 6.28. The lowest BCUT2D eigenvalue weighted by Gasteiger charge is -2.38. The zero-order chi connectivity index (χ0) is 15.5. The van der Waals surface area contributed by atoms with Crippen LogP contribution in [0.15, 0.2) is 53.9 Å². The average molecular weight is 298 g/mol. The van der Waals surface area contributed by atoms with Crippen molar-refractivity contribution in [2.45, 2.75) is 25.3 Å². The molecule has 22 heavy (non-hydrogen) atoms. The third-order valence-corrected chi connectivity index (χ3v) is 4.50. The number of aliphatic hydroxyl groups is 1. The van der Waals surface area contributed by atoms with Crippen LogP contribution in [-0.2, 0) is 11.2 Å². The number of nitrogens with zero attached hydrogens (tertiary/aromatic N) is 2. The van der Waals surface area contributed by atoms with E-state index in [9.17, 15) is 9.90 Å². The largest absolute Gasteiger partial charge is 0.394 e. The van der Waals surface area contributed by atoms with Crippen LogP contribution in [0.25, 0.3) is 0 Å². The summed E-state index contributed by atoms with van der Waals surface area (Å²) in [5, 5.41) is 9.77. The van der Waals surface area contributed by atoms with Crippen molar-refractivity contribution in [1.29, 1.82) is 0 Å². The van der Waals surface area contributed by atoms with Crippen molar-refractivity contribution >= 4 is 5.91 Å². The molecule has 0 saturated heterocycles. The highest BCUT2D eigenvalue weighted by molar-refractivity contribution is 5.95.